The first kappa shape index (κ1) is 14.4. The normalized spacial score (nSPS) is 23.9. The summed E-state index contributed by atoms with van der Waals surface area (Å²) in [6, 6.07) is 6.39. The van der Waals surface area contributed by atoms with Crippen molar-refractivity contribution in [2.45, 2.75) is 52.5 Å². The average molecular weight is 261 g/mol. The summed E-state index contributed by atoms with van der Waals surface area (Å²) in [6.07, 6.45) is 5.14. The topological polar surface area (TPSA) is 35.2 Å². The summed E-state index contributed by atoms with van der Waals surface area (Å²) in [5.74, 6) is 1.47. The molecule has 1 aromatic rings. The molecule has 0 spiro atoms. The van der Waals surface area contributed by atoms with Gasteiger partial charge >= 0.3 is 0 Å². The standard InChI is InChI=1S/C17H27NO/c1-12-8-9-15(19-4)13(11-12)16(18)14-7-5-6-10-17(14,2)3/h8-9,11,14,16H,5-7,10,18H2,1-4H3. The summed E-state index contributed by atoms with van der Waals surface area (Å²) in [5, 5.41) is 0. The molecule has 1 aliphatic rings. The van der Waals surface area contributed by atoms with Crippen molar-refractivity contribution in [1.82, 2.24) is 0 Å². The highest BCUT2D eigenvalue weighted by atomic mass is 16.5. The Hall–Kier alpha value is -1.02. The van der Waals surface area contributed by atoms with Gasteiger partial charge in [0.25, 0.3) is 0 Å². The van der Waals surface area contributed by atoms with Crippen molar-refractivity contribution in [3.63, 3.8) is 0 Å². The molecule has 2 rings (SSSR count). The highest BCUT2D eigenvalue weighted by molar-refractivity contribution is 5.39. The van der Waals surface area contributed by atoms with Crippen LogP contribution in [-0.4, -0.2) is 7.11 Å². The van der Waals surface area contributed by atoms with Crippen LogP contribution in [0, 0.1) is 18.3 Å². The minimum absolute atomic E-state index is 0.0742. The first-order valence-corrected chi connectivity index (χ1v) is 7.36. The molecule has 0 heterocycles. The van der Waals surface area contributed by atoms with Gasteiger partial charge in [-0.15, -0.1) is 0 Å². The Labute approximate surface area is 117 Å². The van der Waals surface area contributed by atoms with Gasteiger partial charge in [0.1, 0.15) is 5.75 Å². The van der Waals surface area contributed by atoms with E-state index in [0.29, 0.717) is 11.3 Å². The number of benzene rings is 1. The molecule has 1 fully saturated rings. The summed E-state index contributed by atoms with van der Waals surface area (Å²) >= 11 is 0. The van der Waals surface area contributed by atoms with E-state index >= 15 is 0 Å². The van der Waals surface area contributed by atoms with E-state index < -0.39 is 0 Å². The lowest BCUT2D eigenvalue weighted by Crippen LogP contribution is -2.36. The van der Waals surface area contributed by atoms with Crippen LogP contribution in [0.1, 0.15) is 56.7 Å². The van der Waals surface area contributed by atoms with Gasteiger partial charge in [-0.3, -0.25) is 0 Å². The van der Waals surface area contributed by atoms with Gasteiger partial charge in [0.2, 0.25) is 0 Å². The molecule has 1 saturated carbocycles. The van der Waals surface area contributed by atoms with E-state index in [2.05, 4.69) is 32.9 Å². The lowest BCUT2D eigenvalue weighted by molar-refractivity contribution is 0.111. The maximum Gasteiger partial charge on any atom is 0.123 e. The highest BCUT2D eigenvalue weighted by Crippen LogP contribution is 2.47. The number of methoxy groups -OCH3 is 1. The third kappa shape index (κ3) is 2.94. The molecule has 19 heavy (non-hydrogen) atoms. The van der Waals surface area contributed by atoms with Gasteiger partial charge in [-0.2, -0.15) is 0 Å². The van der Waals surface area contributed by atoms with Gasteiger partial charge in [-0.1, -0.05) is 44.4 Å². The molecule has 106 valence electrons. The maximum absolute atomic E-state index is 6.61. The Bertz CT molecular complexity index is 439. The predicted molar refractivity (Wildman–Crippen MR) is 80.4 cm³/mol. The zero-order valence-corrected chi connectivity index (χ0v) is 12.7. The molecule has 1 aliphatic carbocycles. The zero-order chi connectivity index (χ0) is 14.0. The van der Waals surface area contributed by atoms with Crippen molar-refractivity contribution < 1.29 is 4.74 Å². The SMILES string of the molecule is COc1ccc(C)cc1C(N)C1CCCCC1(C)C. The molecule has 0 saturated heterocycles. The van der Waals surface area contributed by atoms with E-state index in [4.69, 9.17) is 10.5 Å². The van der Waals surface area contributed by atoms with Crippen molar-refractivity contribution in [3.8, 4) is 5.75 Å². The van der Waals surface area contributed by atoms with Crippen molar-refractivity contribution in [1.29, 1.82) is 0 Å². The third-order valence-electron chi connectivity index (χ3n) is 4.77. The Kier molecular flexibility index (Phi) is 4.19. The second kappa shape index (κ2) is 5.54. The monoisotopic (exact) mass is 261 g/mol. The molecule has 0 bridgehead atoms. The summed E-state index contributed by atoms with van der Waals surface area (Å²) in [5.41, 5.74) is 9.36. The lowest BCUT2D eigenvalue weighted by atomic mass is 9.65. The molecule has 0 radical (unpaired) electrons. The molecule has 1 aromatic carbocycles. The third-order valence-corrected chi connectivity index (χ3v) is 4.77. The average Bonchev–Trinajstić information content (AvgIpc) is 2.37. The van der Waals surface area contributed by atoms with Gasteiger partial charge in [0.05, 0.1) is 7.11 Å². The number of rotatable bonds is 3. The van der Waals surface area contributed by atoms with Crippen molar-refractivity contribution >= 4 is 0 Å². The fourth-order valence-corrected chi connectivity index (χ4v) is 3.52. The summed E-state index contributed by atoms with van der Waals surface area (Å²) in [6.45, 7) is 6.83. The fourth-order valence-electron chi connectivity index (χ4n) is 3.52. The molecular weight excluding hydrogens is 234 g/mol. The molecule has 2 unspecified atom stereocenters. The molecule has 0 aliphatic heterocycles. The Morgan fingerprint density at radius 1 is 1.32 bits per heavy atom. The molecule has 2 heteroatoms. The number of hydrogen-bond donors (Lipinski definition) is 1. The summed E-state index contributed by atoms with van der Waals surface area (Å²) in [7, 11) is 1.73. The van der Waals surface area contributed by atoms with Gasteiger partial charge in [0, 0.05) is 11.6 Å². The van der Waals surface area contributed by atoms with Crippen LogP contribution < -0.4 is 10.5 Å². The minimum Gasteiger partial charge on any atom is -0.496 e. The Morgan fingerprint density at radius 3 is 2.68 bits per heavy atom. The zero-order valence-electron chi connectivity index (χ0n) is 12.7. The first-order valence-electron chi connectivity index (χ1n) is 7.36. The van der Waals surface area contributed by atoms with E-state index in [-0.39, 0.29) is 6.04 Å². The molecule has 2 N–H and O–H groups in total. The number of nitrogens with two attached hydrogens (primary N) is 1. The Balaban J connectivity index is 2.32. The summed E-state index contributed by atoms with van der Waals surface area (Å²) in [4.78, 5) is 0. The highest BCUT2D eigenvalue weighted by Gasteiger charge is 2.37. The Morgan fingerprint density at radius 2 is 2.05 bits per heavy atom. The summed E-state index contributed by atoms with van der Waals surface area (Å²) < 4.78 is 5.50. The predicted octanol–water partition coefficient (Wildman–Crippen LogP) is 4.22. The van der Waals surface area contributed by atoms with E-state index in [1.165, 1.54) is 36.8 Å². The minimum atomic E-state index is 0.0742. The van der Waals surface area contributed by atoms with Crippen LogP contribution in [0.2, 0.25) is 0 Å². The molecule has 2 atom stereocenters. The maximum atomic E-state index is 6.61. The van der Waals surface area contributed by atoms with Crippen LogP contribution in [0.5, 0.6) is 5.75 Å². The molecular formula is C17H27NO. The number of ether oxygens (including phenoxy) is 1. The molecule has 0 aromatic heterocycles. The second-order valence-corrected chi connectivity index (χ2v) is 6.61. The molecule has 0 amide bonds. The fraction of sp³-hybridized carbons (Fsp3) is 0.647. The van der Waals surface area contributed by atoms with Crippen molar-refractivity contribution in [2.75, 3.05) is 7.11 Å². The van der Waals surface area contributed by atoms with Gasteiger partial charge < -0.3 is 10.5 Å². The van der Waals surface area contributed by atoms with E-state index in [1.54, 1.807) is 7.11 Å². The van der Waals surface area contributed by atoms with Crippen molar-refractivity contribution in [2.24, 2.45) is 17.1 Å². The molecule has 2 nitrogen and oxygen atoms in total. The van der Waals surface area contributed by atoms with Gasteiger partial charge in [0.15, 0.2) is 0 Å². The van der Waals surface area contributed by atoms with E-state index in [1.807, 2.05) is 6.07 Å². The smallest absolute Gasteiger partial charge is 0.123 e. The van der Waals surface area contributed by atoms with E-state index in [0.717, 1.165) is 5.75 Å². The number of hydrogen-bond acceptors (Lipinski definition) is 2. The van der Waals surface area contributed by atoms with Gasteiger partial charge in [-0.05, 0) is 37.2 Å². The van der Waals surface area contributed by atoms with Crippen LogP contribution in [0.3, 0.4) is 0 Å². The van der Waals surface area contributed by atoms with Crippen LogP contribution in [-0.2, 0) is 0 Å². The quantitative estimate of drug-likeness (QED) is 0.884. The number of aryl methyl sites for hydroxylation is 1. The first-order chi connectivity index (χ1) is 8.95. The van der Waals surface area contributed by atoms with Crippen LogP contribution in [0.25, 0.3) is 0 Å². The van der Waals surface area contributed by atoms with Gasteiger partial charge in [-0.25, -0.2) is 0 Å². The largest absolute Gasteiger partial charge is 0.496 e. The second-order valence-electron chi connectivity index (χ2n) is 6.61. The van der Waals surface area contributed by atoms with Crippen LogP contribution in [0.15, 0.2) is 18.2 Å². The lowest BCUT2D eigenvalue weighted by Gasteiger charge is -2.42. The van der Waals surface area contributed by atoms with Crippen LogP contribution in [0.4, 0.5) is 0 Å². The van der Waals surface area contributed by atoms with E-state index in [9.17, 15) is 0 Å². The van der Waals surface area contributed by atoms with Crippen molar-refractivity contribution in [3.05, 3.63) is 29.3 Å². The van der Waals surface area contributed by atoms with Crippen LogP contribution >= 0.6 is 0 Å².